The highest BCUT2D eigenvalue weighted by Crippen LogP contribution is 2.25. The molecule has 86 valence electrons. The first-order valence-corrected chi connectivity index (χ1v) is 6.00. The number of nitrogens with zero attached hydrogens (tertiary/aromatic N) is 3. The van der Waals surface area contributed by atoms with E-state index in [1.807, 2.05) is 31.2 Å². The molecular weight excluding hydrogens is 280 g/mol. The molecule has 0 amide bonds. The highest BCUT2D eigenvalue weighted by atomic mass is 79.9. The van der Waals surface area contributed by atoms with E-state index in [9.17, 15) is 0 Å². The van der Waals surface area contributed by atoms with E-state index in [1.54, 1.807) is 4.68 Å². The molecule has 0 atom stereocenters. The van der Waals surface area contributed by atoms with Crippen LogP contribution >= 0.6 is 15.9 Å². The lowest BCUT2D eigenvalue weighted by molar-refractivity contribution is 0.845. The van der Waals surface area contributed by atoms with Crippen molar-refractivity contribution in [2.75, 3.05) is 5.73 Å². The van der Waals surface area contributed by atoms with Gasteiger partial charge in [0.25, 0.3) is 0 Å². The molecule has 0 saturated heterocycles. The summed E-state index contributed by atoms with van der Waals surface area (Å²) in [5.41, 5.74) is 7.97. The summed E-state index contributed by atoms with van der Waals surface area (Å²) in [4.78, 5) is 0. The minimum absolute atomic E-state index is 0.385. The van der Waals surface area contributed by atoms with Gasteiger partial charge in [0.2, 0.25) is 0 Å². The largest absolute Gasteiger partial charge is 0.382 e. The average molecular weight is 291 g/mol. The third-order valence-corrected chi connectivity index (χ3v) is 3.19. The predicted molar refractivity (Wildman–Crippen MR) is 69.8 cm³/mol. The normalized spacial score (nSPS) is 10.2. The second-order valence-corrected chi connectivity index (χ2v) is 4.39. The number of nitrogen functional groups attached to an aromatic ring is 1. The van der Waals surface area contributed by atoms with Crippen LogP contribution in [0.4, 0.5) is 5.82 Å². The van der Waals surface area contributed by atoms with E-state index >= 15 is 0 Å². The lowest BCUT2D eigenvalue weighted by atomic mass is 10.2. The molecule has 0 bridgehead atoms. The van der Waals surface area contributed by atoms with Crippen LogP contribution in [0.2, 0.25) is 0 Å². The van der Waals surface area contributed by atoms with Crippen LogP contribution in [-0.2, 0) is 6.42 Å². The predicted octanol–water partition coefficient (Wildman–Crippen LogP) is 2.65. The summed E-state index contributed by atoms with van der Waals surface area (Å²) in [6, 6.07) is 9.73. The number of nitrogens with two attached hydrogens (primary N) is 1. The number of rotatable bonds is 2. The summed E-state index contributed by atoms with van der Waals surface area (Å²) >= 11 is 3.45. The fraction of sp³-hybridized carbons (Fsp3) is 0.167. The number of aromatic nitrogens is 2. The Kier molecular flexibility index (Phi) is 3.16. The number of halogens is 1. The van der Waals surface area contributed by atoms with Gasteiger partial charge in [0, 0.05) is 4.47 Å². The molecule has 5 heteroatoms. The molecule has 0 aliphatic rings. The standard InChI is InChI=1S/C12H11BrN4/c1-2-10-8(7-14)12(15)17(16-10)11-6-4-3-5-9(11)13/h3-6H,2,15H2,1H3. The summed E-state index contributed by atoms with van der Waals surface area (Å²) in [7, 11) is 0. The number of hydrogen-bond donors (Lipinski definition) is 1. The fourth-order valence-corrected chi connectivity index (χ4v) is 2.11. The van der Waals surface area contributed by atoms with E-state index in [0.717, 1.165) is 15.9 Å². The van der Waals surface area contributed by atoms with Gasteiger partial charge in [0.05, 0.1) is 11.4 Å². The molecular formula is C12H11BrN4. The van der Waals surface area contributed by atoms with Crippen molar-refractivity contribution in [3.05, 3.63) is 40.0 Å². The first-order chi connectivity index (χ1) is 8.19. The van der Waals surface area contributed by atoms with Gasteiger partial charge in [0.1, 0.15) is 17.5 Å². The summed E-state index contributed by atoms with van der Waals surface area (Å²) in [5.74, 6) is 0.385. The molecule has 1 aromatic heterocycles. The molecule has 1 heterocycles. The molecule has 0 aliphatic heterocycles. The van der Waals surface area contributed by atoms with Gasteiger partial charge in [-0.3, -0.25) is 0 Å². The zero-order chi connectivity index (χ0) is 12.4. The lowest BCUT2D eigenvalue weighted by Gasteiger charge is -2.05. The number of aryl methyl sites for hydroxylation is 1. The van der Waals surface area contributed by atoms with Gasteiger partial charge in [0.15, 0.2) is 0 Å². The quantitative estimate of drug-likeness (QED) is 0.924. The van der Waals surface area contributed by atoms with E-state index in [2.05, 4.69) is 27.1 Å². The minimum atomic E-state index is 0.385. The molecule has 17 heavy (non-hydrogen) atoms. The number of nitriles is 1. The van der Waals surface area contributed by atoms with Gasteiger partial charge in [-0.05, 0) is 34.5 Å². The van der Waals surface area contributed by atoms with Crippen LogP contribution in [0.3, 0.4) is 0 Å². The van der Waals surface area contributed by atoms with Gasteiger partial charge >= 0.3 is 0 Å². The first-order valence-electron chi connectivity index (χ1n) is 5.21. The van der Waals surface area contributed by atoms with Gasteiger partial charge in [-0.2, -0.15) is 10.4 Å². The van der Waals surface area contributed by atoms with Crippen LogP contribution in [0, 0.1) is 11.3 Å². The van der Waals surface area contributed by atoms with Crippen molar-refractivity contribution < 1.29 is 0 Å². The molecule has 1 aromatic carbocycles. The molecule has 0 saturated carbocycles. The van der Waals surface area contributed by atoms with E-state index in [4.69, 9.17) is 11.0 Å². The number of benzene rings is 1. The molecule has 2 aromatic rings. The van der Waals surface area contributed by atoms with Crippen molar-refractivity contribution in [1.82, 2.24) is 9.78 Å². The smallest absolute Gasteiger partial charge is 0.145 e. The number of hydrogen-bond acceptors (Lipinski definition) is 3. The van der Waals surface area contributed by atoms with Crippen LogP contribution in [0.15, 0.2) is 28.7 Å². The zero-order valence-corrected chi connectivity index (χ0v) is 10.9. The van der Waals surface area contributed by atoms with E-state index in [0.29, 0.717) is 17.8 Å². The number of anilines is 1. The van der Waals surface area contributed by atoms with Gasteiger partial charge in [-0.15, -0.1) is 0 Å². The van der Waals surface area contributed by atoms with E-state index < -0.39 is 0 Å². The summed E-state index contributed by atoms with van der Waals surface area (Å²) in [5, 5.41) is 13.4. The Labute approximate surface area is 108 Å². The number of para-hydroxylation sites is 1. The summed E-state index contributed by atoms with van der Waals surface area (Å²) in [6.45, 7) is 1.95. The van der Waals surface area contributed by atoms with Crippen LogP contribution < -0.4 is 5.73 Å². The van der Waals surface area contributed by atoms with Crippen molar-refractivity contribution >= 4 is 21.7 Å². The van der Waals surface area contributed by atoms with Crippen LogP contribution in [-0.4, -0.2) is 9.78 Å². The van der Waals surface area contributed by atoms with Crippen molar-refractivity contribution in [2.24, 2.45) is 0 Å². The van der Waals surface area contributed by atoms with Crippen LogP contribution in [0.1, 0.15) is 18.2 Å². The lowest BCUT2D eigenvalue weighted by Crippen LogP contribution is -2.03. The van der Waals surface area contributed by atoms with Gasteiger partial charge in [-0.25, -0.2) is 4.68 Å². The molecule has 0 fully saturated rings. The van der Waals surface area contributed by atoms with Gasteiger partial charge in [-0.1, -0.05) is 19.1 Å². The Morgan fingerprint density at radius 1 is 1.47 bits per heavy atom. The summed E-state index contributed by atoms with van der Waals surface area (Å²) < 4.78 is 2.49. The second kappa shape index (κ2) is 4.60. The third-order valence-electron chi connectivity index (χ3n) is 2.52. The van der Waals surface area contributed by atoms with Gasteiger partial charge < -0.3 is 5.73 Å². The van der Waals surface area contributed by atoms with Crippen molar-refractivity contribution in [3.8, 4) is 11.8 Å². The van der Waals surface area contributed by atoms with Crippen LogP contribution in [0.5, 0.6) is 0 Å². The Balaban J connectivity index is 2.66. The monoisotopic (exact) mass is 290 g/mol. The Bertz CT molecular complexity index is 595. The zero-order valence-electron chi connectivity index (χ0n) is 9.31. The topological polar surface area (TPSA) is 67.6 Å². The minimum Gasteiger partial charge on any atom is -0.382 e. The highest BCUT2D eigenvalue weighted by Gasteiger charge is 2.16. The van der Waals surface area contributed by atoms with Crippen molar-refractivity contribution in [2.45, 2.75) is 13.3 Å². The van der Waals surface area contributed by atoms with E-state index in [1.165, 1.54) is 0 Å². The van der Waals surface area contributed by atoms with Crippen molar-refractivity contribution in [1.29, 1.82) is 5.26 Å². The first kappa shape index (κ1) is 11.7. The second-order valence-electron chi connectivity index (χ2n) is 3.54. The highest BCUT2D eigenvalue weighted by molar-refractivity contribution is 9.10. The maximum Gasteiger partial charge on any atom is 0.145 e. The average Bonchev–Trinajstić information content (AvgIpc) is 2.66. The Hall–Kier alpha value is -1.80. The Morgan fingerprint density at radius 3 is 2.71 bits per heavy atom. The molecule has 4 nitrogen and oxygen atoms in total. The molecule has 2 N–H and O–H groups in total. The summed E-state index contributed by atoms with van der Waals surface area (Å²) in [6.07, 6.45) is 0.685. The SMILES string of the molecule is CCc1nn(-c2ccccc2Br)c(N)c1C#N. The maximum atomic E-state index is 9.06. The molecule has 0 radical (unpaired) electrons. The molecule has 2 rings (SSSR count). The third kappa shape index (κ3) is 1.92. The Morgan fingerprint density at radius 2 is 2.18 bits per heavy atom. The molecule has 0 spiro atoms. The van der Waals surface area contributed by atoms with E-state index in [-0.39, 0.29) is 0 Å². The van der Waals surface area contributed by atoms with Crippen LogP contribution in [0.25, 0.3) is 5.69 Å². The fourth-order valence-electron chi connectivity index (χ4n) is 1.65. The molecule has 0 aliphatic carbocycles. The molecule has 0 unspecified atom stereocenters. The maximum absolute atomic E-state index is 9.06. The van der Waals surface area contributed by atoms with Crippen molar-refractivity contribution in [3.63, 3.8) is 0 Å².